The molecule has 2 aromatic heterocycles. The molecule has 0 saturated carbocycles. The third-order valence-electron chi connectivity index (χ3n) is 3.70. The molecule has 0 aliphatic carbocycles. The maximum Gasteiger partial charge on any atom is 0.183 e. The van der Waals surface area contributed by atoms with Gasteiger partial charge in [-0.05, 0) is 42.8 Å². The van der Waals surface area contributed by atoms with Crippen molar-refractivity contribution < 1.29 is 5.11 Å². The summed E-state index contributed by atoms with van der Waals surface area (Å²) in [6, 6.07) is 8.66. The molecule has 3 rings (SSSR count). The monoisotopic (exact) mass is 342 g/mol. The van der Waals surface area contributed by atoms with E-state index in [0.717, 1.165) is 16.9 Å². The van der Waals surface area contributed by atoms with E-state index in [-0.39, 0.29) is 11.2 Å². The van der Waals surface area contributed by atoms with Crippen LogP contribution in [0.15, 0.2) is 46.8 Å². The fraction of sp³-hybridized carbons (Fsp3) is 0.278. The molecule has 0 aliphatic rings. The lowest BCUT2D eigenvalue weighted by atomic mass is 9.92. The average Bonchev–Trinajstić information content (AvgIpc) is 2.84. The lowest BCUT2D eigenvalue weighted by Gasteiger charge is -2.15. The van der Waals surface area contributed by atoms with Crippen LogP contribution in [-0.4, -0.2) is 14.5 Å². The Hall–Kier alpha value is -2.40. The van der Waals surface area contributed by atoms with Gasteiger partial charge in [0.1, 0.15) is 11.4 Å². The SMILES string of the molecule is Cc1cc(O)ccc1N=Nc1c(C(C)(C)C)nc2ccc(Cl)cn12. The van der Waals surface area contributed by atoms with Crippen LogP contribution in [0.25, 0.3) is 5.65 Å². The highest BCUT2D eigenvalue weighted by atomic mass is 35.5. The topological polar surface area (TPSA) is 62.2 Å². The second-order valence-corrected chi connectivity index (χ2v) is 7.22. The Kier molecular flexibility index (Phi) is 4.05. The molecule has 0 radical (unpaired) electrons. The molecular weight excluding hydrogens is 324 g/mol. The van der Waals surface area contributed by atoms with Crippen molar-refractivity contribution in [3.63, 3.8) is 0 Å². The minimum atomic E-state index is -0.184. The van der Waals surface area contributed by atoms with Crippen molar-refractivity contribution in [1.82, 2.24) is 9.38 Å². The Morgan fingerprint density at radius 1 is 1.12 bits per heavy atom. The van der Waals surface area contributed by atoms with Gasteiger partial charge in [0.2, 0.25) is 0 Å². The number of pyridine rings is 1. The van der Waals surface area contributed by atoms with Crippen LogP contribution in [0, 0.1) is 6.92 Å². The molecule has 2 heterocycles. The Bertz CT molecular complexity index is 938. The van der Waals surface area contributed by atoms with Crippen molar-refractivity contribution in [2.45, 2.75) is 33.1 Å². The van der Waals surface area contributed by atoms with Gasteiger partial charge in [-0.15, -0.1) is 10.2 Å². The number of imidazole rings is 1. The number of aryl methyl sites for hydroxylation is 1. The maximum absolute atomic E-state index is 9.51. The maximum atomic E-state index is 9.51. The van der Waals surface area contributed by atoms with E-state index in [1.165, 1.54) is 0 Å². The van der Waals surface area contributed by atoms with E-state index in [1.54, 1.807) is 30.5 Å². The largest absolute Gasteiger partial charge is 0.508 e. The van der Waals surface area contributed by atoms with Crippen molar-refractivity contribution in [3.05, 3.63) is 52.8 Å². The number of benzene rings is 1. The zero-order valence-corrected chi connectivity index (χ0v) is 14.8. The second-order valence-electron chi connectivity index (χ2n) is 6.78. The van der Waals surface area contributed by atoms with Crippen molar-refractivity contribution in [2.24, 2.45) is 10.2 Å². The first-order valence-electron chi connectivity index (χ1n) is 7.65. The minimum Gasteiger partial charge on any atom is -0.508 e. The lowest BCUT2D eigenvalue weighted by molar-refractivity contribution is 0.475. The summed E-state index contributed by atoms with van der Waals surface area (Å²) in [5.74, 6) is 0.871. The number of rotatable bonds is 2. The molecule has 1 N–H and O–H groups in total. The fourth-order valence-corrected chi connectivity index (χ4v) is 2.62. The summed E-state index contributed by atoms with van der Waals surface area (Å²) >= 11 is 6.13. The van der Waals surface area contributed by atoms with Gasteiger partial charge < -0.3 is 5.11 Å². The third kappa shape index (κ3) is 3.12. The van der Waals surface area contributed by atoms with Crippen molar-refractivity contribution in [1.29, 1.82) is 0 Å². The highest BCUT2D eigenvalue weighted by Gasteiger charge is 2.24. The number of aromatic hydroxyl groups is 1. The van der Waals surface area contributed by atoms with Gasteiger partial charge in [0.15, 0.2) is 5.82 Å². The zero-order valence-electron chi connectivity index (χ0n) is 14.1. The summed E-state index contributed by atoms with van der Waals surface area (Å²) in [4.78, 5) is 4.68. The van der Waals surface area contributed by atoms with Gasteiger partial charge in [0, 0.05) is 11.6 Å². The van der Waals surface area contributed by atoms with Crippen molar-refractivity contribution in [3.8, 4) is 5.75 Å². The predicted octanol–water partition coefficient (Wildman–Crippen LogP) is 5.71. The van der Waals surface area contributed by atoms with Crippen molar-refractivity contribution >= 4 is 28.8 Å². The van der Waals surface area contributed by atoms with Gasteiger partial charge in [-0.3, -0.25) is 4.40 Å². The summed E-state index contributed by atoms with van der Waals surface area (Å²) in [5, 5.41) is 18.9. The normalized spacial score (nSPS) is 12.4. The molecule has 6 heteroatoms. The molecular formula is C18H19ClN4O. The number of phenols is 1. The van der Waals surface area contributed by atoms with E-state index < -0.39 is 0 Å². The highest BCUT2D eigenvalue weighted by Crippen LogP contribution is 2.34. The number of aromatic nitrogens is 2. The summed E-state index contributed by atoms with van der Waals surface area (Å²) < 4.78 is 1.85. The number of fused-ring (bicyclic) bond motifs is 1. The van der Waals surface area contributed by atoms with E-state index in [1.807, 2.05) is 17.4 Å². The molecule has 3 aromatic rings. The molecule has 0 fully saturated rings. The van der Waals surface area contributed by atoms with E-state index >= 15 is 0 Å². The number of halogens is 1. The second kappa shape index (κ2) is 5.91. The van der Waals surface area contributed by atoms with Gasteiger partial charge in [-0.2, -0.15) is 0 Å². The number of hydrogen-bond acceptors (Lipinski definition) is 4. The predicted molar refractivity (Wildman–Crippen MR) is 95.9 cm³/mol. The first-order chi connectivity index (χ1) is 11.3. The van der Waals surface area contributed by atoms with Gasteiger partial charge >= 0.3 is 0 Å². The van der Waals surface area contributed by atoms with Crippen LogP contribution in [0.5, 0.6) is 5.75 Å². The first-order valence-corrected chi connectivity index (χ1v) is 8.03. The van der Waals surface area contributed by atoms with Crippen LogP contribution >= 0.6 is 11.6 Å². The molecule has 0 amide bonds. The van der Waals surface area contributed by atoms with Gasteiger partial charge in [-0.25, -0.2) is 4.98 Å². The van der Waals surface area contributed by atoms with Crippen LogP contribution in [-0.2, 0) is 5.41 Å². The summed E-state index contributed by atoms with van der Waals surface area (Å²) in [6.07, 6.45) is 1.79. The Morgan fingerprint density at radius 2 is 1.88 bits per heavy atom. The highest BCUT2D eigenvalue weighted by molar-refractivity contribution is 6.30. The number of azo groups is 1. The number of hydrogen-bond donors (Lipinski definition) is 1. The van der Waals surface area contributed by atoms with Gasteiger partial charge in [-0.1, -0.05) is 32.4 Å². The molecule has 5 nitrogen and oxygen atoms in total. The Labute approximate surface area is 145 Å². The molecule has 24 heavy (non-hydrogen) atoms. The van der Waals surface area contributed by atoms with Crippen LogP contribution in [0.2, 0.25) is 5.02 Å². The van der Waals surface area contributed by atoms with Crippen LogP contribution in [0.4, 0.5) is 11.5 Å². The van der Waals surface area contributed by atoms with Crippen LogP contribution < -0.4 is 0 Å². The van der Waals surface area contributed by atoms with Gasteiger partial charge in [0.05, 0.1) is 16.4 Å². The summed E-state index contributed by atoms with van der Waals surface area (Å²) in [7, 11) is 0. The summed E-state index contributed by atoms with van der Waals surface area (Å²) in [6.45, 7) is 8.13. The molecule has 0 bridgehead atoms. The van der Waals surface area contributed by atoms with E-state index in [2.05, 4.69) is 36.0 Å². The molecule has 0 aliphatic heterocycles. The quantitative estimate of drug-likeness (QED) is 0.606. The number of phenolic OH excluding ortho intramolecular Hbond substituents is 1. The molecule has 0 unspecified atom stereocenters. The third-order valence-corrected chi connectivity index (χ3v) is 3.92. The standard InChI is InChI=1S/C18H19ClN4O/c1-11-9-13(24)6-7-14(11)21-22-17-16(18(2,3)4)20-15-8-5-12(19)10-23(15)17/h5-10,24H,1-4H3. The molecule has 0 spiro atoms. The average molecular weight is 343 g/mol. The molecule has 0 saturated heterocycles. The van der Waals surface area contributed by atoms with E-state index in [9.17, 15) is 5.11 Å². The van der Waals surface area contributed by atoms with Crippen LogP contribution in [0.1, 0.15) is 32.0 Å². The smallest absolute Gasteiger partial charge is 0.183 e. The number of nitrogens with zero attached hydrogens (tertiary/aromatic N) is 4. The van der Waals surface area contributed by atoms with Crippen molar-refractivity contribution in [2.75, 3.05) is 0 Å². The molecule has 124 valence electrons. The zero-order chi connectivity index (χ0) is 17.5. The summed E-state index contributed by atoms with van der Waals surface area (Å²) in [5.41, 5.74) is 3.00. The first kappa shape index (κ1) is 16.5. The van der Waals surface area contributed by atoms with Crippen LogP contribution in [0.3, 0.4) is 0 Å². The fourth-order valence-electron chi connectivity index (χ4n) is 2.46. The Morgan fingerprint density at radius 3 is 2.54 bits per heavy atom. The minimum absolute atomic E-state index is 0.184. The lowest BCUT2D eigenvalue weighted by Crippen LogP contribution is -2.11. The van der Waals surface area contributed by atoms with E-state index in [4.69, 9.17) is 11.6 Å². The molecule has 1 aromatic carbocycles. The van der Waals surface area contributed by atoms with E-state index in [0.29, 0.717) is 16.5 Å². The molecule has 0 atom stereocenters. The Balaban J connectivity index is 2.16. The van der Waals surface area contributed by atoms with Gasteiger partial charge in [0.25, 0.3) is 0 Å².